The molecule has 0 aromatic carbocycles. The van der Waals surface area contributed by atoms with Crippen molar-refractivity contribution in [3.05, 3.63) is 63.6 Å². The number of aromatic nitrogens is 2. The third-order valence-electron chi connectivity index (χ3n) is 4.24. The number of hydrogen-bond donors (Lipinski definition) is 1. The van der Waals surface area contributed by atoms with Gasteiger partial charge in [0.2, 0.25) is 5.88 Å². The minimum Gasteiger partial charge on any atom is -0.481 e. The van der Waals surface area contributed by atoms with Crippen molar-refractivity contribution in [3.63, 3.8) is 0 Å². The molecule has 2 aromatic rings. The van der Waals surface area contributed by atoms with Gasteiger partial charge in [-0.15, -0.1) is 0 Å². The second-order valence-corrected chi connectivity index (χ2v) is 6.29. The van der Waals surface area contributed by atoms with Crippen molar-refractivity contribution in [2.24, 2.45) is 0 Å². The number of hydrogen-bond acceptors (Lipinski definition) is 4. The summed E-state index contributed by atoms with van der Waals surface area (Å²) in [5, 5.41) is 3.33. The number of carbonyl (C=O) groups excluding carboxylic acids is 1. The molecule has 0 atom stereocenters. The van der Waals surface area contributed by atoms with Gasteiger partial charge >= 0.3 is 0 Å². The predicted molar refractivity (Wildman–Crippen MR) is 97.1 cm³/mol. The van der Waals surface area contributed by atoms with Gasteiger partial charge in [-0.25, -0.2) is 9.97 Å². The molecule has 1 N–H and O–H groups in total. The Balaban J connectivity index is 2.01. The zero-order valence-electron chi connectivity index (χ0n) is 14.3. The molecule has 1 amide bonds. The van der Waals surface area contributed by atoms with Crippen LogP contribution in [0.4, 0.5) is 0 Å². The number of rotatable bonds is 1. The van der Waals surface area contributed by atoms with Crippen molar-refractivity contribution in [3.8, 4) is 5.88 Å². The van der Waals surface area contributed by atoms with Crippen molar-refractivity contribution in [1.29, 1.82) is 0 Å². The van der Waals surface area contributed by atoms with Crippen LogP contribution in [-0.4, -0.2) is 23.0 Å². The van der Waals surface area contributed by atoms with Gasteiger partial charge in [0.05, 0.1) is 7.11 Å². The SMILES string of the molecule is COc1nc(C)cc2c1CNC(=O)c1ccnc(Cl)c1CC=CCC2. The number of aryl methyl sites for hydroxylation is 2. The van der Waals surface area contributed by atoms with Crippen LogP contribution in [-0.2, 0) is 19.4 Å². The van der Waals surface area contributed by atoms with E-state index < -0.39 is 0 Å². The van der Waals surface area contributed by atoms with E-state index in [0.717, 1.165) is 35.2 Å². The number of allylic oxidation sites excluding steroid dienone is 2. The summed E-state index contributed by atoms with van der Waals surface area (Å²) < 4.78 is 5.43. The van der Waals surface area contributed by atoms with Gasteiger partial charge in [0.1, 0.15) is 5.15 Å². The smallest absolute Gasteiger partial charge is 0.252 e. The summed E-state index contributed by atoms with van der Waals surface area (Å²) in [7, 11) is 1.60. The maximum atomic E-state index is 12.7. The second-order valence-electron chi connectivity index (χ2n) is 5.94. The van der Waals surface area contributed by atoms with E-state index in [2.05, 4.69) is 27.4 Å². The highest BCUT2D eigenvalue weighted by Crippen LogP contribution is 2.24. The van der Waals surface area contributed by atoms with Crippen LogP contribution >= 0.6 is 11.6 Å². The van der Waals surface area contributed by atoms with Gasteiger partial charge in [-0.1, -0.05) is 23.8 Å². The van der Waals surface area contributed by atoms with Crippen molar-refractivity contribution >= 4 is 17.5 Å². The van der Waals surface area contributed by atoms with Gasteiger partial charge in [0, 0.05) is 35.1 Å². The largest absolute Gasteiger partial charge is 0.481 e. The third kappa shape index (κ3) is 3.82. The summed E-state index contributed by atoms with van der Waals surface area (Å²) in [5.41, 5.74) is 4.25. The van der Waals surface area contributed by atoms with Crippen LogP contribution in [0.5, 0.6) is 5.88 Å². The van der Waals surface area contributed by atoms with Gasteiger partial charge in [0.25, 0.3) is 5.91 Å². The Kier molecular flexibility index (Phi) is 5.34. The monoisotopic (exact) mass is 357 g/mol. The minimum absolute atomic E-state index is 0.179. The fourth-order valence-corrected chi connectivity index (χ4v) is 3.25. The van der Waals surface area contributed by atoms with Crippen LogP contribution in [0.15, 0.2) is 30.5 Å². The highest BCUT2D eigenvalue weighted by atomic mass is 35.5. The van der Waals surface area contributed by atoms with Crippen LogP contribution < -0.4 is 10.1 Å². The van der Waals surface area contributed by atoms with Crippen molar-refractivity contribution in [1.82, 2.24) is 15.3 Å². The fourth-order valence-electron chi connectivity index (χ4n) is 3.01. The minimum atomic E-state index is -0.179. The Bertz CT molecular complexity index is 834. The zero-order chi connectivity index (χ0) is 17.8. The Morgan fingerprint density at radius 2 is 2.12 bits per heavy atom. The first-order valence-corrected chi connectivity index (χ1v) is 8.58. The molecule has 0 spiro atoms. The molecule has 1 aliphatic rings. The summed E-state index contributed by atoms with van der Waals surface area (Å²) in [4.78, 5) is 21.2. The van der Waals surface area contributed by atoms with Crippen molar-refractivity contribution < 1.29 is 9.53 Å². The number of fused-ring (bicyclic) bond motifs is 2. The molecule has 6 heteroatoms. The van der Waals surface area contributed by atoms with Crippen molar-refractivity contribution in [2.75, 3.05) is 7.11 Å². The molecule has 130 valence electrons. The third-order valence-corrected chi connectivity index (χ3v) is 4.57. The number of methoxy groups -OCH3 is 1. The van der Waals surface area contributed by atoms with Crippen molar-refractivity contribution in [2.45, 2.75) is 32.7 Å². The van der Waals surface area contributed by atoms with E-state index in [-0.39, 0.29) is 5.91 Å². The molecule has 2 aromatic heterocycles. The summed E-state index contributed by atoms with van der Waals surface area (Å²) in [5.74, 6) is 0.381. The zero-order valence-corrected chi connectivity index (χ0v) is 15.1. The Morgan fingerprint density at radius 3 is 2.92 bits per heavy atom. The van der Waals surface area contributed by atoms with Gasteiger partial charge in [0.15, 0.2) is 0 Å². The summed E-state index contributed by atoms with van der Waals surface area (Å²) in [6, 6.07) is 3.75. The molecule has 0 bridgehead atoms. The van der Waals surface area contributed by atoms with Gasteiger partial charge < -0.3 is 10.1 Å². The maximum Gasteiger partial charge on any atom is 0.252 e. The van der Waals surface area contributed by atoms with E-state index in [4.69, 9.17) is 16.3 Å². The van der Waals surface area contributed by atoms with E-state index in [1.807, 2.05) is 13.0 Å². The molecule has 1 aliphatic heterocycles. The van der Waals surface area contributed by atoms with E-state index in [1.54, 1.807) is 19.4 Å². The molecule has 0 radical (unpaired) electrons. The topological polar surface area (TPSA) is 64.1 Å². The Morgan fingerprint density at radius 1 is 1.28 bits per heavy atom. The van der Waals surface area contributed by atoms with E-state index in [1.165, 1.54) is 0 Å². The number of ether oxygens (including phenoxy) is 1. The molecular weight excluding hydrogens is 338 g/mol. The molecule has 0 fully saturated rings. The molecule has 3 heterocycles. The lowest BCUT2D eigenvalue weighted by Crippen LogP contribution is -2.25. The quantitative estimate of drug-likeness (QED) is 0.627. The highest BCUT2D eigenvalue weighted by Gasteiger charge is 2.17. The van der Waals surface area contributed by atoms with Crippen LogP contribution in [0, 0.1) is 6.92 Å². The predicted octanol–water partition coefficient (Wildman–Crippen LogP) is 3.42. The molecule has 5 nitrogen and oxygen atoms in total. The van der Waals surface area contributed by atoms with Crippen LogP contribution in [0.1, 0.15) is 39.2 Å². The van der Waals surface area contributed by atoms with Gasteiger partial charge in [-0.05, 0) is 43.9 Å². The maximum absolute atomic E-state index is 12.7. The average molecular weight is 358 g/mol. The Hall–Kier alpha value is -2.40. The Labute approximate surface area is 152 Å². The number of nitrogens with zero attached hydrogens (tertiary/aromatic N) is 2. The lowest BCUT2D eigenvalue weighted by atomic mass is 10.0. The molecule has 25 heavy (non-hydrogen) atoms. The molecule has 3 rings (SSSR count). The first kappa shape index (κ1) is 17.4. The summed E-state index contributed by atoms with van der Waals surface area (Å²) in [6.07, 6.45) is 8.03. The first-order chi connectivity index (χ1) is 12.1. The summed E-state index contributed by atoms with van der Waals surface area (Å²) in [6.45, 7) is 2.30. The lowest BCUT2D eigenvalue weighted by Gasteiger charge is -2.16. The molecule has 0 saturated carbocycles. The average Bonchev–Trinajstić information content (AvgIpc) is 2.59. The molecule has 0 saturated heterocycles. The van der Waals surface area contributed by atoms with E-state index >= 15 is 0 Å². The molecule has 0 unspecified atom stereocenters. The second kappa shape index (κ2) is 7.66. The lowest BCUT2D eigenvalue weighted by molar-refractivity contribution is 0.0949. The molecule has 0 aliphatic carbocycles. The normalized spacial score (nSPS) is 14.6. The van der Waals surface area contributed by atoms with Gasteiger partial charge in [-0.2, -0.15) is 0 Å². The van der Waals surface area contributed by atoms with Gasteiger partial charge in [-0.3, -0.25) is 4.79 Å². The first-order valence-electron chi connectivity index (χ1n) is 8.20. The highest BCUT2D eigenvalue weighted by molar-refractivity contribution is 6.30. The number of carbonyl (C=O) groups is 1. The van der Waals surface area contributed by atoms with E-state index in [9.17, 15) is 4.79 Å². The number of amides is 1. The number of nitrogens with one attached hydrogen (secondary N) is 1. The number of pyridine rings is 2. The van der Waals surface area contributed by atoms with Crippen LogP contribution in [0.2, 0.25) is 5.15 Å². The molecular formula is C19H20ClN3O2. The van der Waals surface area contributed by atoms with Crippen LogP contribution in [0.3, 0.4) is 0 Å². The van der Waals surface area contributed by atoms with E-state index in [0.29, 0.717) is 29.6 Å². The number of halogens is 1. The van der Waals surface area contributed by atoms with Crippen LogP contribution in [0.25, 0.3) is 0 Å². The summed E-state index contributed by atoms with van der Waals surface area (Å²) >= 11 is 6.19. The fraction of sp³-hybridized carbons (Fsp3) is 0.316. The standard InChI is InChI=1S/C19H20ClN3O2/c1-12-10-13-6-4-3-5-7-14-15(8-9-21-17(14)20)18(24)22-11-16(13)19(23-12)25-2/h3,5,8-10H,4,6-7,11H2,1-2H3,(H,22,24).